The molecule has 0 N–H and O–H groups in total. The largest absolute Gasteiger partial charge is 0.464 e. The molecule has 2 aromatic carbocycles. The number of carbonyl (C=O) groups is 1. The maximum Gasteiger partial charge on any atom is 0.417 e. The Morgan fingerprint density at radius 1 is 1.14 bits per heavy atom. The molecule has 0 amide bonds. The Morgan fingerprint density at radius 2 is 1.95 bits per heavy atom. The van der Waals surface area contributed by atoms with Crippen molar-refractivity contribution >= 4 is 11.5 Å². The average Bonchev–Trinajstić information content (AvgIpc) is 3.59. The van der Waals surface area contributed by atoms with Crippen LogP contribution in [0.4, 0.5) is 13.2 Å². The Morgan fingerprint density at radius 3 is 2.65 bits per heavy atom. The molecule has 2 aromatic heterocycles. The number of carbonyl (C=O) groups excluding carboxylic acids is 1. The van der Waals surface area contributed by atoms with Crippen LogP contribution in [0.5, 0.6) is 0 Å². The third-order valence-electron chi connectivity index (χ3n) is 5.99. The molecule has 0 spiro atoms. The van der Waals surface area contributed by atoms with Crippen molar-refractivity contribution in [3.05, 3.63) is 96.1 Å². The van der Waals surface area contributed by atoms with E-state index >= 15 is 0 Å². The Labute approximate surface area is 209 Å². The van der Waals surface area contributed by atoms with Crippen molar-refractivity contribution < 1.29 is 27.2 Å². The predicted octanol–water partition coefficient (Wildman–Crippen LogP) is 6.07. The normalized spacial score (nSPS) is 15.5. The second-order valence-electron chi connectivity index (χ2n) is 8.48. The topological polar surface area (TPSA) is 83.0 Å². The van der Waals surface area contributed by atoms with Crippen molar-refractivity contribution in [3.63, 3.8) is 0 Å². The number of hydrogen-bond acceptors (Lipinski definition) is 6. The molecule has 0 bridgehead atoms. The van der Waals surface area contributed by atoms with E-state index in [1.54, 1.807) is 53.3 Å². The number of rotatable bonds is 6. The number of esters is 1. The van der Waals surface area contributed by atoms with Crippen LogP contribution >= 0.6 is 0 Å². The molecule has 188 valence electrons. The monoisotopic (exact) mass is 506 g/mol. The highest BCUT2D eigenvalue weighted by Crippen LogP contribution is 2.39. The lowest BCUT2D eigenvalue weighted by molar-refractivity contribution is -0.137. The van der Waals surface area contributed by atoms with E-state index in [1.165, 1.54) is 13.2 Å². The first-order chi connectivity index (χ1) is 17.8. The lowest BCUT2D eigenvalue weighted by Crippen LogP contribution is -2.12. The van der Waals surface area contributed by atoms with Crippen LogP contribution in [-0.4, -0.2) is 33.0 Å². The summed E-state index contributed by atoms with van der Waals surface area (Å²) in [6.07, 6.45) is 3.56. The molecule has 0 radical (unpaired) electrons. The molecule has 1 atom stereocenters. The van der Waals surface area contributed by atoms with Gasteiger partial charge in [0.05, 0.1) is 12.7 Å². The van der Waals surface area contributed by atoms with Gasteiger partial charge in [0.1, 0.15) is 0 Å². The third kappa shape index (κ3) is 5.23. The minimum atomic E-state index is -4.56. The van der Waals surface area contributed by atoms with Gasteiger partial charge in [0, 0.05) is 29.8 Å². The summed E-state index contributed by atoms with van der Waals surface area (Å²) in [6.45, 7) is 0.558. The highest BCUT2D eigenvalue weighted by Gasteiger charge is 2.34. The van der Waals surface area contributed by atoms with Crippen molar-refractivity contribution in [3.8, 4) is 22.6 Å². The second-order valence-corrected chi connectivity index (χ2v) is 8.48. The summed E-state index contributed by atoms with van der Waals surface area (Å²) in [5.41, 5.74) is 0.906. The zero-order chi connectivity index (χ0) is 26.0. The van der Waals surface area contributed by atoms with E-state index in [4.69, 9.17) is 4.52 Å². The number of halogens is 3. The first-order valence-corrected chi connectivity index (χ1v) is 11.4. The van der Waals surface area contributed by atoms with Gasteiger partial charge in [-0.15, -0.1) is 0 Å². The maximum atomic E-state index is 13.9. The molecule has 2 heterocycles. The average molecular weight is 506 g/mol. The molecule has 0 saturated carbocycles. The summed E-state index contributed by atoms with van der Waals surface area (Å²) in [7, 11) is 1.30. The Bertz CT molecular complexity index is 1490. The van der Waals surface area contributed by atoms with Crippen LogP contribution in [0.1, 0.15) is 28.3 Å². The van der Waals surface area contributed by atoms with Gasteiger partial charge in [0.2, 0.25) is 5.82 Å². The molecule has 1 unspecified atom stereocenters. The van der Waals surface area contributed by atoms with Crippen molar-refractivity contribution in [1.82, 2.24) is 19.9 Å². The van der Waals surface area contributed by atoms with E-state index in [-0.39, 0.29) is 34.5 Å². The Balaban J connectivity index is 1.32. The zero-order valence-electron chi connectivity index (χ0n) is 19.6. The van der Waals surface area contributed by atoms with E-state index in [0.717, 1.165) is 6.07 Å². The van der Waals surface area contributed by atoms with Crippen LogP contribution < -0.4 is 0 Å². The summed E-state index contributed by atoms with van der Waals surface area (Å²) in [5, 5.41) is 8.18. The minimum Gasteiger partial charge on any atom is -0.464 e. The van der Waals surface area contributed by atoms with Gasteiger partial charge in [0.25, 0.3) is 5.89 Å². The first kappa shape index (κ1) is 24.2. The lowest BCUT2D eigenvalue weighted by atomic mass is 9.96. The number of allylic oxidation sites excluding steroid dienone is 4. The number of hydrogen-bond donors (Lipinski definition) is 0. The molecular weight excluding hydrogens is 485 g/mol. The molecular formula is C27H21F3N4O3. The molecule has 37 heavy (non-hydrogen) atoms. The molecule has 1 aliphatic carbocycles. The van der Waals surface area contributed by atoms with E-state index in [2.05, 4.69) is 20.0 Å². The van der Waals surface area contributed by atoms with E-state index in [0.29, 0.717) is 24.1 Å². The quantitative estimate of drug-likeness (QED) is 0.296. The standard InChI is InChI=1S/C27H21F3N4O3/c1-36-26(35)23-13-14-34(32-23)16-17-7-9-19(10-8-17)24-31-25(37-33-24)20-11-12-21(18-5-3-2-4-6-18)22(15-20)27(28,29)30/h2-7,9-15,17H,8,16H2,1H3. The van der Waals surface area contributed by atoms with Crippen LogP contribution in [0.2, 0.25) is 0 Å². The van der Waals surface area contributed by atoms with Crippen LogP contribution in [0, 0.1) is 5.92 Å². The number of alkyl halides is 3. The molecule has 5 rings (SSSR count). The van der Waals surface area contributed by atoms with Crippen molar-refractivity contribution in [2.45, 2.75) is 19.1 Å². The fourth-order valence-corrected chi connectivity index (χ4v) is 4.12. The van der Waals surface area contributed by atoms with Gasteiger partial charge in [-0.1, -0.05) is 59.8 Å². The fraction of sp³-hybridized carbons (Fsp3) is 0.185. The summed E-state index contributed by atoms with van der Waals surface area (Å²) >= 11 is 0. The SMILES string of the molecule is COC(=O)c1ccn(CC2C=CC(c3noc(-c4ccc(-c5ccccc5)c(C(F)(F)F)c4)n3)=CC2)n1. The Kier molecular flexibility index (Phi) is 6.47. The van der Waals surface area contributed by atoms with Crippen molar-refractivity contribution in [2.75, 3.05) is 7.11 Å². The van der Waals surface area contributed by atoms with Crippen LogP contribution in [0.25, 0.3) is 28.2 Å². The molecule has 0 fully saturated rings. The van der Waals surface area contributed by atoms with Gasteiger partial charge in [-0.2, -0.15) is 23.3 Å². The highest BCUT2D eigenvalue weighted by molar-refractivity contribution is 5.86. The first-order valence-electron chi connectivity index (χ1n) is 11.4. The summed E-state index contributed by atoms with van der Waals surface area (Å²) < 4.78 is 53.2. The molecule has 0 saturated heterocycles. The van der Waals surface area contributed by atoms with Gasteiger partial charge in [-0.25, -0.2) is 4.79 Å². The fourth-order valence-electron chi connectivity index (χ4n) is 4.12. The zero-order valence-corrected chi connectivity index (χ0v) is 19.6. The van der Waals surface area contributed by atoms with Crippen molar-refractivity contribution in [1.29, 1.82) is 0 Å². The number of methoxy groups -OCH3 is 1. The van der Waals surface area contributed by atoms with Gasteiger partial charge < -0.3 is 9.26 Å². The molecule has 1 aliphatic rings. The third-order valence-corrected chi connectivity index (χ3v) is 5.99. The summed E-state index contributed by atoms with van der Waals surface area (Å²) in [4.78, 5) is 15.9. The Hall–Kier alpha value is -4.47. The van der Waals surface area contributed by atoms with E-state index in [9.17, 15) is 18.0 Å². The number of ether oxygens (including phenoxy) is 1. The number of benzene rings is 2. The number of nitrogens with zero attached hydrogens (tertiary/aromatic N) is 4. The smallest absolute Gasteiger partial charge is 0.417 e. The lowest BCUT2D eigenvalue weighted by Gasteiger charge is -2.15. The van der Waals surface area contributed by atoms with Gasteiger partial charge in [0.15, 0.2) is 5.69 Å². The summed E-state index contributed by atoms with van der Waals surface area (Å²) in [6, 6.07) is 14.0. The maximum absolute atomic E-state index is 13.9. The second kappa shape index (κ2) is 9.88. The van der Waals surface area contributed by atoms with Gasteiger partial charge >= 0.3 is 12.1 Å². The van der Waals surface area contributed by atoms with E-state index in [1.807, 2.05) is 18.2 Å². The minimum absolute atomic E-state index is 0.00316. The van der Waals surface area contributed by atoms with E-state index < -0.39 is 17.7 Å². The number of aromatic nitrogens is 4. The summed E-state index contributed by atoms with van der Waals surface area (Å²) in [5.74, 6) is -0.0774. The molecule has 0 aliphatic heterocycles. The van der Waals surface area contributed by atoms with Crippen LogP contribution in [0.15, 0.2) is 83.5 Å². The van der Waals surface area contributed by atoms with Gasteiger partial charge in [-0.05, 0) is 35.7 Å². The van der Waals surface area contributed by atoms with Crippen LogP contribution in [-0.2, 0) is 17.5 Å². The van der Waals surface area contributed by atoms with Crippen LogP contribution in [0.3, 0.4) is 0 Å². The van der Waals surface area contributed by atoms with Gasteiger partial charge in [-0.3, -0.25) is 4.68 Å². The highest BCUT2D eigenvalue weighted by atomic mass is 19.4. The molecule has 10 heteroatoms. The van der Waals surface area contributed by atoms with Crippen molar-refractivity contribution in [2.24, 2.45) is 5.92 Å². The molecule has 7 nitrogen and oxygen atoms in total. The molecule has 4 aromatic rings. The predicted molar refractivity (Wildman–Crippen MR) is 129 cm³/mol.